The molecule has 2 heterocycles. The molecule has 2 aromatic heterocycles. The van der Waals surface area contributed by atoms with E-state index in [4.69, 9.17) is 11.6 Å². The van der Waals surface area contributed by atoms with Crippen LogP contribution in [0.4, 0.5) is 5.95 Å². The van der Waals surface area contributed by atoms with E-state index in [1.54, 1.807) is 24.3 Å². The van der Waals surface area contributed by atoms with Crippen molar-refractivity contribution in [3.8, 4) is 0 Å². The zero-order valence-corrected chi connectivity index (χ0v) is 11.4. The predicted octanol–water partition coefficient (Wildman–Crippen LogP) is 2.22. The van der Waals surface area contributed by atoms with Gasteiger partial charge in [0.25, 0.3) is 5.91 Å². The number of rotatable bonds is 2. The number of hydrogen-bond donors (Lipinski definition) is 2. The van der Waals surface area contributed by atoms with E-state index >= 15 is 0 Å². The number of benzene rings is 1. The zero-order valence-electron chi connectivity index (χ0n) is 10.6. The summed E-state index contributed by atoms with van der Waals surface area (Å²) >= 11 is 5.74. The number of aromatic amines is 1. The number of hydrogen-bond acceptors (Lipinski definition) is 4. The number of carbonyl (C=O) groups excluding carboxylic acids is 1. The molecule has 104 valence electrons. The number of pyridine rings is 1. The van der Waals surface area contributed by atoms with Crippen LogP contribution in [0.15, 0.2) is 47.4 Å². The summed E-state index contributed by atoms with van der Waals surface area (Å²) in [6, 6.07) is 9.78. The van der Waals surface area contributed by atoms with Gasteiger partial charge in [0.05, 0.1) is 5.56 Å². The highest BCUT2D eigenvalue weighted by molar-refractivity contribution is 6.29. The number of nitrogens with one attached hydrogen (secondary N) is 2. The number of halogens is 1. The van der Waals surface area contributed by atoms with Gasteiger partial charge >= 0.3 is 0 Å². The molecule has 0 bridgehead atoms. The van der Waals surface area contributed by atoms with Gasteiger partial charge in [0.15, 0.2) is 0 Å². The van der Waals surface area contributed by atoms with Crippen LogP contribution in [-0.4, -0.2) is 20.9 Å². The zero-order chi connectivity index (χ0) is 14.8. The lowest BCUT2D eigenvalue weighted by molar-refractivity contribution is 0.102. The van der Waals surface area contributed by atoms with Crippen molar-refractivity contribution in [2.75, 3.05) is 5.32 Å². The van der Waals surface area contributed by atoms with Crippen LogP contribution >= 0.6 is 11.6 Å². The lowest BCUT2D eigenvalue weighted by Gasteiger charge is -2.06. The summed E-state index contributed by atoms with van der Waals surface area (Å²) in [6.45, 7) is 0. The third-order valence-corrected chi connectivity index (χ3v) is 3.05. The molecule has 0 unspecified atom stereocenters. The van der Waals surface area contributed by atoms with E-state index in [2.05, 4.69) is 20.3 Å². The lowest BCUT2D eigenvalue weighted by Crippen LogP contribution is -2.18. The Labute approximate surface area is 123 Å². The normalized spacial score (nSPS) is 10.5. The maximum absolute atomic E-state index is 12.3. The van der Waals surface area contributed by atoms with Crippen LogP contribution in [-0.2, 0) is 0 Å². The van der Waals surface area contributed by atoms with Gasteiger partial charge in [-0.15, -0.1) is 0 Å². The van der Waals surface area contributed by atoms with Gasteiger partial charge in [0.1, 0.15) is 5.15 Å². The molecule has 1 aromatic carbocycles. The third kappa shape index (κ3) is 2.75. The molecule has 7 heteroatoms. The molecule has 0 radical (unpaired) electrons. The van der Waals surface area contributed by atoms with Gasteiger partial charge in [-0.25, -0.2) is 9.97 Å². The second-order valence-electron chi connectivity index (χ2n) is 4.25. The van der Waals surface area contributed by atoms with Gasteiger partial charge in [0.2, 0.25) is 11.5 Å². The molecule has 3 aromatic rings. The molecular weight excluding hydrogens is 292 g/mol. The molecule has 6 nitrogen and oxygen atoms in total. The van der Waals surface area contributed by atoms with Crippen molar-refractivity contribution >= 4 is 34.4 Å². The quantitative estimate of drug-likeness (QED) is 0.710. The van der Waals surface area contributed by atoms with Crippen molar-refractivity contribution < 1.29 is 4.79 Å². The molecule has 0 fully saturated rings. The Hall–Kier alpha value is -2.73. The molecule has 0 aliphatic rings. The molecule has 21 heavy (non-hydrogen) atoms. The molecule has 0 saturated heterocycles. The molecule has 0 aliphatic carbocycles. The van der Waals surface area contributed by atoms with Crippen LogP contribution in [0.1, 0.15) is 10.4 Å². The van der Waals surface area contributed by atoms with E-state index < -0.39 is 5.91 Å². The number of aromatic nitrogens is 3. The lowest BCUT2D eigenvalue weighted by atomic mass is 10.1. The van der Waals surface area contributed by atoms with E-state index in [9.17, 15) is 9.59 Å². The number of amides is 1. The number of nitrogens with zero attached hydrogens (tertiary/aromatic N) is 2. The van der Waals surface area contributed by atoms with Gasteiger partial charge in [-0.3, -0.25) is 14.9 Å². The first-order chi connectivity index (χ1) is 10.1. The summed E-state index contributed by atoms with van der Waals surface area (Å²) in [6.07, 6.45) is 1.43. The Morgan fingerprint density at radius 2 is 2.05 bits per heavy atom. The fourth-order valence-electron chi connectivity index (χ4n) is 1.96. The molecule has 0 aliphatic heterocycles. The Kier molecular flexibility index (Phi) is 3.37. The van der Waals surface area contributed by atoms with E-state index in [-0.39, 0.29) is 22.2 Å². The van der Waals surface area contributed by atoms with E-state index in [0.29, 0.717) is 10.9 Å². The Morgan fingerprint density at radius 1 is 1.24 bits per heavy atom. The monoisotopic (exact) mass is 300 g/mol. The first-order valence-corrected chi connectivity index (χ1v) is 6.43. The Balaban J connectivity index is 2.04. The van der Waals surface area contributed by atoms with E-state index in [1.165, 1.54) is 18.3 Å². The SMILES string of the molecule is O=C(Nc1nccc(Cl)n1)c1cc(=O)[nH]c2ccccc12. The summed E-state index contributed by atoms with van der Waals surface area (Å²) in [5.41, 5.74) is 0.478. The van der Waals surface area contributed by atoms with Crippen LogP contribution < -0.4 is 10.9 Å². The minimum Gasteiger partial charge on any atom is -0.322 e. The van der Waals surface area contributed by atoms with Gasteiger partial charge in [-0.1, -0.05) is 29.8 Å². The summed E-state index contributed by atoms with van der Waals surface area (Å²) in [7, 11) is 0. The standard InChI is InChI=1S/C14H9ClN4O2/c15-11-5-6-16-14(18-11)19-13(21)9-7-12(20)17-10-4-2-1-3-8(9)10/h1-7H,(H,17,20)(H,16,18,19,21). The van der Waals surface area contributed by atoms with Crippen molar-refractivity contribution in [2.24, 2.45) is 0 Å². The number of para-hydroxylation sites is 1. The molecule has 0 atom stereocenters. The number of carbonyl (C=O) groups is 1. The number of fused-ring (bicyclic) bond motifs is 1. The largest absolute Gasteiger partial charge is 0.322 e. The second kappa shape index (κ2) is 5.34. The molecule has 2 N–H and O–H groups in total. The van der Waals surface area contributed by atoms with Crippen LogP contribution in [0.5, 0.6) is 0 Å². The molecular formula is C14H9ClN4O2. The summed E-state index contributed by atoms with van der Waals surface area (Å²) in [5, 5.41) is 3.37. The second-order valence-corrected chi connectivity index (χ2v) is 4.64. The smallest absolute Gasteiger partial charge is 0.258 e. The molecule has 0 spiro atoms. The highest BCUT2D eigenvalue weighted by Crippen LogP contribution is 2.16. The predicted molar refractivity (Wildman–Crippen MR) is 79.6 cm³/mol. The fourth-order valence-corrected chi connectivity index (χ4v) is 2.09. The van der Waals surface area contributed by atoms with Crippen LogP contribution in [0.25, 0.3) is 10.9 Å². The minimum atomic E-state index is -0.473. The number of anilines is 1. The van der Waals surface area contributed by atoms with Crippen LogP contribution in [0.3, 0.4) is 0 Å². The van der Waals surface area contributed by atoms with Gasteiger partial charge in [0, 0.05) is 23.2 Å². The van der Waals surface area contributed by atoms with Crippen LogP contribution in [0, 0.1) is 0 Å². The van der Waals surface area contributed by atoms with Crippen molar-refractivity contribution in [3.63, 3.8) is 0 Å². The molecule has 1 amide bonds. The average molecular weight is 301 g/mol. The first kappa shape index (κ1) is 13.3. The fraction of sp³-hybridized carbons (Fsp3) is 0. The van der Waals surface area contributed by atoms with Crippen molar-refractivity contribution in [3.05, 3.63) is 63.7 Å². The Morgan fingerprint density at radius 3 is 2.86 bits per heavy atom. The molecule has 3 rings (SSSR count). The van der Waals surface area contributed by atoms with Crippen molar-refractivity contribution in [1.82, 2.24) is 15.0 Å². The topological polar surface area (TPSA) is 87.7 Å². The third-order valence-electron chi connectivity index (χ3n) is 2.84. The summed E-state index contributed by atoms with van der Waals surface area (Å²) < 4.78 is 0. The Bertz CT molecular complexity index is 891. The maximum Gasteiger partial charge on any atom is 0.258 e. The van der Waals surface area contributed by atoms with Gasteiger partial charge in [-0.05, 0) is 12.1 Å². The van der Waals surface area contributed by atoms with Crippen molar-refractivity contribution in [1.29, 1.82) is 0 Å². The average Bonchev–Trinajstić information content (AvgIpc) is 2.46. The first-order valence-electron chi connectivity index (χ1n) is 6.05. The van der Waals surface area contributed by atoms with E-state index in [1.807, 2.05) is 0 Å². The van der Waals surface area contributed by atoms with Gasteiger partial charge < -0.3 is 4.98 Å². The minimum absolute atomic E-state index is 0.0804. The summed E-state index contributed by atoms with van der Waals surface area (Å²) in [5.74, 6) is -0.392. The van der Waals surface area contributed by atoms with E-state index in [0.717, 1.165) is 0 Å². The van der Waals surface area contributed by atoms with Crippen molar-refractivity contribution in [2.45, 2.75) is 0 Å². The highest BCUT2D eigenvalue weighted by atomic mass is 35.5. The van der Waals surface area contributed by atoms with Crippen LogP contribution in [0.2, 0.25) is 5.15 Å². The summed E-state index contributed by atoms with van der Waals surface area (Å²) in [4.78, 5) is 34.4. The maximum atomic E-state index is 12.3. The molecule has 0 saturated carbocycles. The number of H-pyrrole nitrogens is 1. The highest BCUT2D eigenvalue weighted by Gasteiger charge is 2.13. The van der Waals surface area contributed by atoms with Gasteiger partial charge in [-0.2, -0.15) is 0 Å².